The van der Waals surface area contributed by atoms with E-state index in [9.17, 15) is 4.79 Å². The van der Waals surface area contributed by atoms with Gasteiger partial charge in [-0.05, 0) is 43.7 Å². The number of hydrogen-bond acceptors (Lipinski definition) is 5. The van der Waals surface area contributed by atoms with E-state index < -0.39 is 0 Å². The average molecular weight is 367 g/mol. The third-order valence-electron chi connectivity index (χ3n) is 4.64. The summed E-state index contributed by atoms with van der Waals surface area (Å²) in [6, 6.07) is 5.85. The molecule has 1 aliphatic heterocycles. The molecule has 4 heterocycles. The number of carbonyl (C=O) groups is 1. The largest absolute Gasteiger partial charge is 0.343 e. The fraction of sp³-hybridized carbons (Fsp3) is 0.368. The summed E-state index contributed by atoms with van der Waals surface area (Å²) in [5.74, 6) is 1.60. The molecule has 0 aliphatic carbocycles. The molecule has 0 radical (unpaired) electrons. The summed E-state index contributed by atoms with van der Waals surface area (Å²) in [6.07, 6.45) is 6.96. The topological polar surface area (TPSA) is 74.8 Å². The van der Waals surface area contributed by atoms with Crippen molar-refractivity contribution in [3.63, 3.8) is 0 Å². The van der Waals surface area contributed by atoms with Crippen LogP contribution in [0.25, 0.3) is 11.5 Å². The van der Waals surface area contributed by atoms with Gasteiger partial charge in [0.2, 0.25) is 5.91 Å². The quantitative estimate of drug-likeness (QED) is 0.765. The molecule has 1 fully saturated rings. The second-order valence-electron chi connectivity index (χ2n) is 6.55. The van der Waals surface area contributed by atoms with Crippen molar-refractivity contribution < 1.29 is 4.79 Å². The van der Waals surface area contributed by atoms with Crippen LogP contribution in [0.2, 0.25) is 0 Å². The first-order valence-corrected chi connectivity index (χ1v) is 9.76. The minimum absolute atomic E-state index is 0.0650. The van der Waals surface area contributed by atoms with Gasteiger partial charge in [0.15, 0.2) is 11.6 Å². The van der Waals surface area contributed by atoms with Gasteiger partial charge >= 0.3 is 0 Å². The zero-order valence-electron chi connectivity index (χ0n) is 14.7. The number of amides is 1. The Morgan fingerprint density at radius 1 is 1.38 bits per heavy atom. The molecule has 1 N–H and O–H groups in total. The average Bonchev–Trinajstić information content (AvgIpc) is 3.35. The SMILES string of the molecule is Cc1cc(-c2ncc[nH]2)nc([C@@H]2CCCCN2C(=O)Cc2cccs2)n1. The summed E-state index contributed by atoms with van der Waals surface area (Å²) in [4.78, 5) is 32.7. The molecule has 0 aromatic carbocycles. The summed E-state index contributed by atoms with van der Waals surface area (Å²) in [6.45, 7) is 2.72. The van der Waals surface area contributed by atoms with E-state index in [0.29, 0.717) is 6.42 Å². The number of aryl methyl sites for hydroxylation is 1. The lowest BCUT2D eigenvalue weighted by Gasteiger charge is -2.35. The van der Waals surface area contributed by atoms with Gasteiger partial charge in [0.25, 0.3) is 0 Å². The van der Waals surface area contributed by atoms with E-state index in [1.165, 1.54) is 0 Å². The first-order valence-electron chi connectivity index (χ1n) is 8.88. The van der Waals surface area contributed by atoms with Crippen LogP contribution in [0.4, 0.5) is 0 Å². The Labute approximate surface area is 156 Å². The van der Waals surface area contributed by atoms with Crippen molar-refractivity contribution in [2.45, 2.75) is 38.6 Å². The molecule has 1 atom stereocenters. The number of thiophene rings is 1. The highest BCUT2D eigenvalue weighted by Gasteiger charge is 2.30. The fourth-order valence-corrected chi connectivity index (χ4v) is 4.13. The molecule has 0 saturated carbocycles. The number of likely N-dealkylation sites (tertiary alicyclic amines) is 1. The maximum absolute atomic E-state index is 12.9. The van der Waals surface area contributed by atoms with Gasteiger partial charge in [0.05, 0.1) is 12.5 Å². The van der Waals surface area contributed by atoms with E-state index in [-0.39, 0.29) is 11.9 Å². The van der Waals surface area contributed by atoms with Crippen LogP contribution in [-0.4, -0.2) is 37.3 Å². The Balaban J connectivity index is 1.63. The third kappa shape index (κ3) is 3.53. The number of carbonyl (C=O) groups excluding carboxylic acids is 1. The van der Waals surface area contributed by atoms with Gasteiger partial charge in [-0.3, -0.25) is 4.79 Å². The van der Waals surface area contributed by atoms with E-state index >= 15 is 0 Å². The van der Waals surface area contributed by atoms with Crippen LogP contribution >= 0.6 is 11.3 Å². The molecule has 26 heavy (non-hydrogen) atoms. The molecular formula is C19H21N5OS. The summed E-state index contributed by atoms with van der Waals surface area (Å²) in [5, 5.41) is 2.01. The molecule has 3 aromatic rings. The normalized spacial score (nSPS) is 17.4. The van der Waals surface area contributed by atoms with Crippen LogP contribution in [0.5, 0.6) is 0 Å². The molecule has 7 heteroatoms. The van der Waals surface area contributed by atoms with Gasteiger partial charge in [-0.15, -0.1) is 11.3 Å². The zero-order valence-corrected chi connectivity index (χ0v) is 15.5. The van der Waals surface area contributed by atoms with Gasteiger partial charge in [0.1, 0.15) is 5.69 Å². The standard InChI is InChI=1S/C19H21N5OS/c1-13-11-15(18-20-7-8-21-18)23-19(22-13)16-6-2-3-9-24(16)17(25)12-14-5-4-10-26-14/h4-5,7-8,10-11,16H,2-3,6,9,12H2,1H3,(H,20,21)/t16-/m0/s1. The summed E-state index contributed by atoms with van der Waals surface area (Å²) in [5.41, 5.74) is 1.66. The van der Waals surface area contributed by atoms with Crippen molar-refractivity contribution in [1.29, 1.82) is 0 Å². The van der Waals surface area contributed by atoms with E-state index in [1.54, 1.807) is 23.7 Å². The lowest BCUT2D eigenvalue weighted by atomic mass is 10.0. The van der Waals surface area contributed by atoms with Gasteiger partial charge in [-0.25, -0.2) is 15.0 Å². The van der Waals surface area contributed by atoms with Crippen molar-refractivity contribution in [3.05, 3.63) is 52.4 Å². The highest BCUT2D eigenvalue weighted by molar-refractivity contribution is 7.10. The molecule has 134 valence electrons. The zero-order chi connectivity index (χ0) is 17.9. The smallest absolute Gasteiger partial charge is 0.228 e. The predicted molar refractivity (Wildman–Crippen MR) is 101 cm³/mol. The van der Waals surface area contributed by atoms with E-state index in [0.717, 1.165) is 53.7 Å². The molecule has 0 unspecified atom stereocenters. The van der Waals surface area contributed by atoms with E-state index in [2.05, 4.69) is 15.0 Å². The Morgan fingerprint density at radius 3 is 3.08 bits per heavy atom. The van der Waals surface area contributed by atoms with Crippen LogP contribution in [0.3, 0.4) is 0 Å². The molecule has 1 saturated heterocycles. The Hall–Kier alpha value is -2.54. The maximum Gasteiger partial charge on any atom is 0.228 e. The van der Waals surface area contributed by atoms with Crippen molar-refractivity contribution >= 4 is 17.2 Å². The number of imidazole rings is 1. The summed E-state index contributed by atoms with van der Waals surface area (Å²) in [7, 11) is 0. The Bertz CT molecular complexity index is 875. The van der Waals surface area contributed by atoms with Crippen LogP contribution in [0.1, 0.15) is 41.7 Å². The maximum atomic E-state index is 12.9. The molecule has 0 spiro atoms. The van der Waals surface area contributed by atoms with Crippen LogP contribution in [-0.2, 0) is 11.2 Å². The Morgan fingerprint density at radius 2 is 2.31 bits per heavy atom. The van der Waals surface area contributed by atoms with Crippen molar-refractivity contribution in [2.24, 2.45) is 0 Å². The highest BCUT2D eigenvalue weighted by Crippen LogP contribution is 2.31. The second kappa shape index (κ2) is 7.37. The number of hydrogen-bond donors (Lipinski definition) is 1. The van der Waals surface area contributed by atoms with Crippen molar-refractivity contribution in [1.82, 2.24) is 24.8 Å². The lowest BCUT2D eigenvalue weighted by molar-refractivity contribution is -0.134. The van der Waals surface area contributed by atoms with Gasteiger partial charge in [-0.1, -0.05) is 6.07 Å². The first kappa shape index (κ1) is 16.9. The van der Waals surface area contributed by atoms with Gasteiger partial charge in [-0.2, -0.15) is 0 Å². The van der Waals surface area contributed by atoms with E-state index in [4.69, 9.17) is 4.98 Å². The van der Waals surface area contributed by atoms with E-state index in [1.807, 2.05) is 35.4 Å². The van der Waals surface area contributed by atoms with Crippen molar-refractivity contribution in [3.8, 4) is 11.5 Å². The predicted octanol–water partition coefficient (Wildman–Crippen LogP) is 3.53. The van der Waals surface area contributed by atoms with Gasteiger partial charge < -0.3 is 9.88 Å². The number of piperidine rings is 1. The molecule has 4 rings (SSSR count). The number of aromatic amines is 1. The fourth-order valence-electron chi connectivity index (χ4n) is 3.43. The molecule has 1 aliphatic rings. The van der Waals surface area contributed by atoms with Gasteiger partial charge in [0, 0.05) is 29.5 Å². The molecule has 1 amide bonds. The van der Waals surface area contributed by atoms with Crippen molar-refractivity contribution in [2.75, 3.05) is 6.54 Å². The third-order valence-corrected chi connectivity index (χ3v) is 5.52. The lowest BCUT2D eigenvalue weighted by Crippen LogP contribution is -2.40. The van der Waals surface area contributed by atoms with Crippen LogP contribution in [0.15, 0.2) is 36.0 Å². The minimum atomic E-state index is -0.0650. The number of aromatic nitrogens is 4. The first-order chi connectivity index (χ1) is 12.7. The summed E-state index contributed by atoms with van der Waals surface area (Å²) >= 11 is 1.62. The highest BCUT2D eigenvalue weighted by atomic mass is 32.1. The van der Waals surface area contributed by atoms with Crippen LogP contribution in [0, 0.1) is 6.92 Å². The monoisotopic (exact) mass is 367 g/mol. The minimum Gasteiger partial charge on any atom is -0.343 e. The molecule has 3 aromatic heterocycles. The number of H-pyrrole nitrogens is 1. The molecular weight excluding hydrogens is 346 g/mol. The number of rotatable bonds is 4. The molecule has 6 nitrogen and oxygen atoms in total. The summed E-state index contributed by atoms with van der Waals surface area (Å²) < 4.78 is 0. The number of nitrogens with zero attached hydrogens (tertiary/aromatic N) is 4. The van der Waals surface area contributed by atoms with Crippen LogP contribution < -0.4 is 0 Å². The second-order valence-corrected chi connectivity index (χ2v) is 7.58. The molecule has 0 bridgehead atoms. The Kier molecular flexibility index (Phi) is 4.79. The number of nitrogens with one attached hydrogen (secondary N) is 1.